The van der Waals surface area contributed by atoms with E-state index in [9.17, 15) is 0 Å². The first-order valence-corrected chi connectivity index (χ1v) is 7.92. The molecule has 2 heterocycles. The minimum atomic E-state index is 0.672. The zero-order valence-corrected chi connectivity index (χ0v) is 11.8. The summed E-state index contributed by atoms with van der Waals surface area (Å²) in [5, 5.41) is 12.2. The molecule has 4 rings (SSSR count). The van der Waals surface area contributed by atoms with Gasteiger partial charge in [0.25, 0.3) is 0 Å². The summed E-state index contributed by atoms with van der Waals surface area (Å²) in [6.45, 7) is 0.827. The van der Waals surface area contributed by atoms with Crippen molar-refractivity contribution < 1.29 is 0 Å². The summed E-state index contributed by atoms with van der Waals surface area (Å²) in [4.78, 5) is 0. The zero-order chi connectivity index (χ0) is 13.4. The van der Waals surface area contributed by atoms with Crippen molar-refractivity contribution in [2.45, 2.75) is 51.1 Å². The maximum Gasteiger partial charge on any atom is 0.160 e. The maximum atomic E-state index is 4.30. The summed E-state index contributed by atoms with van der Waals surface area (Å²) < 4.78 is 2.08. The molecule has 0 aliphatic heterocycles. The molecule has 2 fully saturated rings. The van der Waals surface area contributed by atoms with Crippen LogP contribution in [0.2, 0.25) is 0 Å². The second-order valence-electron chi connectivity index (χ2n) is 6.39. The van der Waals surface area contributed by atoms with Gasteiger partial charge in [0.05, 0.1) is 6.54 Å². The molecule has 0 spiro atoms. The molecule has 0 bridgehead atoms. The van der Waals surface area contributed by atoms with Gasteiger partial charge in [0.2, 0.25) is 0 Å². The highest BCUT2D eigenvalue weighted by molar-refractivity contribution is 5.36. The van der Waals surface area contributed by atoms with Gasteiger partial charge in [0, 0.05) is 12.2 Å². The van der Waals surface area contributed by atoms with Crippen LogP contribution in [0, 0.1) is 11.8 Å². The summed E-state index contributed by atoms with van der Waals surface area (Å²) >= 11 is 0. The van der Waals surface area contributed by atoms with Crippen molar-refractivity contribution in [3.8, 4) is 0 Å². The summed E-state index contributed by atoms with van der Waals surface area (Å²) in [6.07, 6.45) is 10.5. The molecule has 0 amide bonds. The Bertz CT molecular complexity index is 587. The first-order chi connectivity index (χ1) is 9.90. The number of nitrogens with zero attached hydrogens (tertiary/aromatic N) is 3. The van der Waals surface area contributed by atoms with E-state index < -0.39 is 0 Å². The Kier molecular flexibility index (Phi) is 3.19. The largest absolute Gasteiger partial charge is 0.307 e. The number of hydrogen-bond acceptors (Lipinski definition) is 3. The molecule has 2 unspecified atom stereocenters. The Morgan fingerprint density at radius 1 is 1.10 bits per heavy atom. The lowest BCUT2D eigenvalue weighted by Gasteiger charge is -2.29. The predicted octanol–water partition coefficient (Wildman–Crippen LogP) is 2.79. The number of rotatable bonds is 4. The van der Waals surface area contributed by atoms with Gasteiger partial charge in [0.1, 0.15) is 0 Å². The van der Waals surface area contributed by atoms with E-state index in [1.165, 1.54) is 38.5 Å². The SMILES string of the molecule is c1ccn2c(CNC3CCCC(C4CC4)C3)nnc2c1. The molecule has 106 valence electrons. The Morgan fingerprint density at radius 2 is 2.05 bits per heavy atom. The van der Waals surface area contributed by atoms with E-state index in [0.29, 0.717) is 6.04 Å². The Morgan fingerprint density at radius 3 is 2.95 bits per heavy atom. The minimum absolute atomic E-state index is 0.672. The van der Waals surface area contributed by atoms with E-state index >= 15 is 0 Å². The van der Waals surface area contributed by atoms with Gasteiger partial charge in [0.15, 0.2) is 11.5 Å². The van der Waals surface area contributed by atoms with E-state index in [1.807, 2.05) is 24.4 Å². The molecule has 2 aliphatic rings. The molecule has 1 N–H and O–H groups in total. The van der Waals surface area contributed by atoms with Crippen LogP contribution in [-0.4, -0.2) is 20.6 Å². The van der Waals surface area contributed by atoms with Crippen LogP contribution in [0.1, 0.15) is 44.3 Å². The van der Waals surface area contributed by atoms with Gasteiger partial charge in [-0.2, -0.15) is 0 Å². The van der Waals surface area contributed by atoms with Crippen molar-refractivity contribution in [2.24, 2.45) is 11.8 Å². The summed E-state index contributed by atoms with van der Waals surface area (Å²) in [6, 6.07) is 6.71. The average Bonchev–Trinajstić information content (AvgIpc) is 3.27. The monoisotopic (exact) mass is 270 g/mol. The minimum Gasteiger partial charge on any atom is -0.307 e. The van der Waals surface area contributed by atoms with Crippen molar-refractivity contribution in [3.05, 3.63) is 30.2 Å². The number of hydrogen-bond donors (Lipinski definition) is 1. The zero-order valence-electron chi connectivity index (χ0n) is 11.8. The lowest BCUT2D eigenvalue weighted by Crippen LogP contribution is -2.34. The molecule has 2 aromatic rings. The van der Waals surface area contributed by atoms with Crippen LogP contribution >= 0.6 is 0 Å². The average molecular weight is 270 g/mol. The summed E-state index contributed by atoms with van der Waals surface area (Å²) in [7, 11) is 0. The third kappa shape index (κ3) is 2.44. The topological polar surface area (TPSA) is 42.2 Å². The Balaban J connectivity index is 1.39. The van der Waals surface area contributed by atoms with Crippen molar-refractivity contribution in [1.82, 2.24) is 19.9 Å². The molecule has 2 aliphatic carbocycles. The molecule has 2 atom stereocenters. The molecule has 4 nitrogen and oxygen atoms in total. The molecule has 20 heavy (non-hydrogen) atoms. The van der Waals surface area contributed by atoms with Gasteiger partial charge < -0.3 is 5.32 Å². The number of pyridine rings is 1. The molecule has 0 radical (unpaired) electrons. The van der Waals surface area contributed by atoms with E-state index in [0.717, 1.165) is 29.9 Å². The molecule has 4 heteroatoms. The number of fused-ring (bicyclic) bond motifs is 1. The normalized spacial score (nSPS) is 27.0. The summed E-state index contributed by atoms with van der Waals surface area (Å²) in [5.74, 6) is 3.05. The lowest BCUT2D eigenvalue weighted by atomic mass is 9.83. The third-order valence-electron chi connectivity index (χ3n) is 4.94. The second kappa shape index (κ2) is 5.17. The third-order valence-corrected chi connectivity index (χ3v) is 4.94. The van der Waals surface area contributed by atoms with Crippen molar-refractivity contribution in [3.63, 3.8) is 0 Å². The maximum absolute atomic E-state index is 4.30. The highest BCUT2D eigenvalue weighted by Crippen LogP contribution is 2.43. The highest BCUT2D eigenvalue weighted by Gasteiger charge is 2.34. The first kappa shape index (κ1) is 12.3. The standard InChI is InChI=1S/C16H22N4/c1-2-9-20-15(6-1)18-19-16(20)11-17-14-5-3-4-13(10-14)12-7-8-12/h1-2,6,9,12-14,17H,3-5,7-8,10-11H2. The number of aromatic nitrogens is 3. The van der Waals surface area contributed by atoms with Gasteiger partial charge in [-0.25, -0.2) is 0 Å². The van der Waals surface area contributed by atoms with Crippen LogP contribution in [0.3, 0.4) is 0 Å². The molecule has 2 saturated carbocycles. The van der Waals surface area contributed by atoms with Crippen LogP contribution in [0.25, 0.3) is 5.65 Å². The van der Waals surface area contributed by atoms with E-state index in [1.54, 1.807) is 0 Å². The fourth-order valence-corrected chi connectivity index (χ4v) is 3.66. The first-order valence-electron chi connectivity index (χ1n) is 7.92. The van der Waals surface area contributed by atoms with Gasteiger partial charge in [-0.3, -0.25) is 4.40 Å². The van der Waals surface area contributed by atoms with Gasteiger partial charge >= 0.3 is 0 Å². The highest BCUT2D eigenvalue weighted by atomic mass is 15.3. The van der Waals surface area contributed by atoms with Crippen molar-refractivity contribution in [1.29, 1.82) is 0 Å². The summed E-state index contributed by atoms with van der Waals surface area (Å²) in [5.41, 5.74) is 0.934. The predicted molar refractivity (Wildman–Crippen MR) is 78.3 cm³/mol. The van der Waals surface area contributed by atoms with Crippen LogP contribution in [0.4, 0.5) is 0 Å². The van der Waals surface area contributed by atoms with Crippen LogP contribution in [0.5, 0.6) is 0 Å². The molecular formula is C16H22N4. The van der Waals surface area contributed by atoms with Gasteiger partial charge in [-0.1, -0.05) is 18.9 Å². The number of nitrogens with one attached hydrogen (secondary N) is 1. The Labute approximate surface area is 119 Å². The smallest absolute Gasteiger partial charge is 0.160 e. The second-order valence-corrected chi connectivity index (χ2v) is 6.39. The van der Waals surface area contributed by atoms with Crippen LogP contribution in [-0.2, 0) is 6.54 Å². The molecule has 2 aromatic heterocycles. The molecule has 0 aromatic carbocycles. The van der Waals surface area contributed by atoms with Crippen molar-refractivity contribution >= 4 is 5.65 Å². The van der Waals surface area contributed by atoms with Gasteiger partial charge in [-0.05, 0) is 49.7 Å². The fourth-order valence-electron chi connectivity index (χ4n) is 3.66. The Hall–Kier alpha value is -1.42. The van der Waals surface area contributed by atoms with E-state index in [2.05, 4.69) is 19.9 Å². The molecular weight excluding hydrogens is 248 g/mol. The van der Waals surface area contributed by atoms with E-state index in [4.69, 9.17) is 0 Å². The lowest BCUT2D eigenvalue weighted by molar-refractivity contribution is 0.259. The van der Waals surface area contributed by atoms with Crippen LogP contribution < -0.4 is 5.32 Å². The van der Waals surface area contributed by atoms with E-state index in [-0.39, 0.29) is 0 Å². The fraction of sp³-hybridized carbons (Fsp3) is 0.625. The molecule has 0 saturated heterocycles. The van der Waals surface area contributed by atoms with Crippen LogP contribution in [0.15, 0.2) is 24.4 Å². The van der Waals surface area contributed by atoms with Gasteiger partial charge in [-0.15, -0.1) is 10.2 Å². The van der Waals surface area contributed by atoms with Crippen molar-refractivity contribution in [2.75, 3.05) is 0 Å². The quantitative estimate of drug-likeness (QED) is 0.929.